The van der Waals surface area contributed by atoms with E-state index in [4.69, 9.17) is 11.6 Å². The molecule has 0 fully saturated rings. The maximum absolute atomic E-state index is 13.0. The average Bonchev–Trinajstić information content (AvgIpc) is 2.26. The molecule has 14 heavy (non-hydrogen) atoms. The van der Waals surface area contributed by atoms with Gasteiger partial charge in [0.15, 0.2) is 5.17 Å². The molecule has 0 spiro atoms. The van der Waals surface area contributed by atoms with Crippen LogP contribution in [0, 0.1) is 5.82 Å². The molecule has 1 aliphatic heterocycles. The van der Waals surface area contributed by atoms with Gasteiger partial charge in [0.1, 0.15) is 10.7 Å². The van der Waals surface area contributed by atoms with Gasteiger partial charge >= 0.3 is 0 Å². The predicted octanol–water partition coefficient (Wildman–Crippen LogP) is 2.28. The lowest BCUT2D eigenvalue weighted by Crippen LogP contribution is -1.95. The molecule has 3 nitrogen and oxygen atoms in total. The first-order chi connectivity index (χ1) is 6.42. The molecule has 0 radical (unpaired) electrons. The highest BCUT2D eigenvalue weighted by atomic mass is 79.9. The van der Waals surface area contributed by atoms with E-state index in [0.717, 1.165) is 12.1 Å². The molecular formula is C7H2BrClFNO2S. The van der Waals surface area contributed by atoms with Crippen molar-refractivity contribution in [2.75, 3.05) is 0 Å². The largest absolute Gasteiger partial charge is 0.284 e. The summed E-state index contributed by atoms with van der Waals surface area (Å²) in [5, 5.41) is -0.202. The molecule has 0 aromatic heterocycles. The molecule has 0 amide bonds. The number of rotatable bonds is 0. The van der Waals surface area contributed by atoms with Crippen molar-refractivity contribution in [2.24, 2.45) is 4.40 Å². The van der Waals surface area contributed by atoms with Crippen LogP contribution in [0.4, 0.5) is 4.39 Å². The summed E-state index contributed by atoms with van der Waals surface area (Å²) >= 11 is 8.43. The minimum Gasteiger partial charge on any atom is -0.206 e. The number of benzene rings is 1. The summed E-state index contributed by atoms with van der Waals surface area (Å²) < 4.78 is 39.0. The lowest BCUT2D eigenvalue weighted by atomic mass is 10.2. The fourth-order valence-electron chi connectivity index (χ4n) is 1.11. The number of nitrogens with zero attached hydrogens (tertiary/aromatic N) is 1. The van der Waals surface area contributed by atoms with Gasteiger partial charge in [-0.3, -0.25) is 0 Å². The number of fused-ring (bicyclic) bond motifs is 1. The van der Waals surface area contributed by atoms with Crippen molar-refractivity contribution in [3.8, 4) is 0 Å². The van der Waals surface area contributed by atoms with Crippen LogP contribution >= 0.6 is 27.5 Å². The standard InChI is InChI=1S/C7H2BrClFNO2S/c8-4-2-6-3(1-5(4)10)7(9)11-14(6,12)13/h1-2H. The monoisotopic (exact) mass is 297 g/mol. The number of hydrogen-bond acceptors (Lipinski definition) is 2. The Morgan fingerprint density at radius 1 is 1.43 bits per heavy atom. The van der Waals surface area contributed by atoms with E-state index < -0.39 is 15.8 Å². The molecule has 0 aliphatic carbocycles. The van der Waals surface area contributed by atoms with Gasteiger partial charge in [-0.2, -0.15) is 8.42 Å². The van der Waals surface area contributed by atoms with Gasteiger partial charge in [0, 0.05) is 5.56 Å². The van der Waals surface area contributed by atoms with Crippen LogP contribution in [0.5, 0.6) is 0 Å². The zero-order chi connectivity index (χ0) is 10.5. The third-order valence-corrected chi connectivity index (χ3v) is 4.04. The predicted molar refractivity (Wildman–Crippen MR) is 53.7 cm³/mol. The van der Waals surface area contributed by atoms with Gasteiger partial charge in [-0.15, -0.1) is 4.40 Å². The fraction of sp³-hybridized carbons (Fsp3) is 0. The summed E-state index contributed by atoms with van der Waals surface area (Å²) in [5.41, 5.74) is 0.104. The Morgan fingerprint density at radius 3 is 2.71 bits per heavy atom. The van der Waals surface area contributed by atoms with Crippen LogP contribution in [-0.4, -0.2) is 13.6 Å². The Kier molecular flexibility index (Phi) is 2.17. The smallest absolute Gasteiger partial charge is 0.206 e. The Balaban J connectivity index is 2.85. The van der Waals surface area contributed by atoms with Crippen molar-refractivity contribution in [3.05, 3.63) is 28.0 Å². The maximum Gasteiger partial charge on any atom is 0.284 e. The second kappa shape index (κ2) is 3.01. The zero-order valence-corrected chi connectivity index (χ0v) is 9.62. The van der Waals surface area contributed by atoms with Gasteiger partial charge in [0.2, 0.25) is 0 Å². The van der Waals surface area contributed by atoms with Gasteiger partial charge in [0.05, 0.1) is 4.47 Å². The number of halogens is 3. The van der Waals surface area contributed by atoms with Gasteiger partial charge in [0.25, 0.3) is 10.0 Å². The third-order valence-electron chi connectivity index (χ3n) is 1.72. The van der Waals surface area contributed by atoms with E-state index in [1.54, 1.807) is 0 Å². The Bertz CT molecular complexity index is 555. The number of hydrogen-bond donors (Lipinski definition) is 0. The van der Waals surface area contributed by atoms with Crippen LogP contribution < -0.4 is 0 Å². The van der Waals surface area contributed by atoms with Crippen molar-refractivity contribution < 1.29 is 12.8 Å². The zero-order valence-electron chi connectivity index (χ0n) is 6.46. The summed E-state index contributed by atoms with van der Waals surface area (Å²) in [6, 6.07) is 2.19. The SMILES string of the molecule is O=S1(=O)N=C(Cl)c2cc(F)c(Br)cc21. The molecule has 1 aromatic carbocycles. The molecule has 0 N–H and O–H groups in total. The van der Waals surface area contributed by atoms with E-state index in [9.17, 15) is 12.8 Å². The lowest BCUT2D eigenvalue weighted by Gasteiger charge is -1.99. The Hall–Kier alpha value is -0.460. The van der Waals surface area contributed by atoms with Crippen molar-refractivity contribution in [3.63, 3.8) is 0 Å². The molecule has 0 bridgehead atoms. The molecule has 74 valence electrons. The molecule has 0 saturated carbocycles. The van der Waals surface area contributed by atoms with Crippen molar-refractivity contribution >= 4 is 42.7 Å². The van der Waals surface area contributed by atoms with Gasteiger partial charge in [-0.1, -0.05) is 11.6 Å². The van der Waals surface area contributed by atoms with E-state index in [0.29, 0.717) is 0 Å². The van der Waals surface area contributed by atoms with E-state index in [-0.39, 0.29) is 20.1 Å². The average molecular weight is 299 g/mol. The second-order valence-corrected chi connectivity index (χ2v) is 5.40. The van der Waals surface area contributed by atoms with Crippen LogP contribution in [0.25, 0.3) is 0 Å². The quantitative estimate of drug-likeness (QED) is 0.737. The van der Waals surface area contributed by atoms with Crippen LogP contribution in [0.3, 0.4) is 0 Å². The van der Waals surface area contributed by atoms with Crippen molar-refractivity contribution in [2.45, 2.75) is 4.90 Å². The summed E-state index contributed by atoms with van der Waals surface area (Å²) in [4.78, 5) is -0.0734. The molecule has 1 aliphatic rings. The minimum absolute atomic E-state index is 0.0707. The molecule has 0 saturated heterocycles. The molecule has 7 heteroatoms. The second-order valence-electron chi connectivity index (χ2n) is 2.62. The first kappa shape index (κ1) is 10.1. The number of sulfonamides is 1. The van der Waals surface area contributed by atoms with Crippen molar-refractivity contribution in [1.82, 2.24) is 0 Å². The van der Waals surface area contributed by atoms with E-state index in [2.05, 4.69) is 20.3 Å². The molecule has 2 rings (SSSR count). The van der Waals surface area contributed by atoms with Gasteiger partial charge in [-0.05, 0) is 28.1 Å². The van der Waals surface area contributed by atoms with Crippen LogP contribution in [0.1, 0.15) is 5.56 Å². The molecule has 1 aromatic rings. The highest BCUT2D eigenvalue weighted by Crippen LogP contribution is 2.31. The van der Waals surface area contributed by atoms with Crippen molar-refractivity contribution in [1.29, 1.82) is 0 Å². The van der Waals surface area contributed by atoms with Crippen LogP contribution in [-0.2, 0) is 10.0 Å². The minimum atomic E-state index is -3.73. The van der Waals surface area contributed by atoms with Crippen LogP contribution in [0.2, 0.25) is 0 Å². The molecule has 1 heterocycles. The Labute approximate surface area is 92.8 Å². The summed E-state index contributed by atoms with van der Waals surface area (Å²) in [5.74, 6) is -0.575. The summed E-state index contributed by atoms with van der Waals surface area (Å²) in [6.07, 6.45) is 0. The highest BCUT2D eigenvalue weighted by Gasteiger charge is 2.29. The molecule has 0 unspecified atom stereocenters. The van der Waals surface area contributed by atoms with E-state index in [1.165, 1.54) is 0 Å². The normalized spacial score (nSPS) is 17.8. The Morgan fingerprint density at radius 2 is 2.07 bits per heavy atom. The third kappa shape index (κ3) is 1.37. The molecule has 0 atom stereocenters. The first-order valence-corrected chi connectivity index (χ1v) is 6.03. The lowest BCUT2D eigenvalue weighted by molar-refractivity contribution is 0.597. The van der Waals surface area contributed by atoms with Gasteiger partial charge < -0.3 is 0 Å². The highest BCUT2D eigenvalue weighted by molar-refractivity contribution is 9.10. The summed E-state index contributed by atoms with van der Waals surface area (Å²) in [7, 11) is -3.73. The van der Waals surface area contributed by atoms with E-state index in [1.807, 2.05) is 0 Å². The topological polar surface area (TPSA) is 46.5 Å². The van der Waals surface area contributed by atoms with Crippen LogP contribution in [0.15, 0.2) is 25.9 Å². The van der Waals surface area contributed by atoms with Gasteiger partial charge in [-0.25, -0.2) is 4.39 Å². The van der Waals surface area contributed by atoms with E-state index >= 15 is 0 Å². The fourth-order valence-corrected chi connectivity index (χ4v) is 3.19. The summed E-state index contributed by atoms with van der Waals surface area (Å²) in [6.45, 7) is 0. The molecular weight excluding hydrogens is 297 g/mol. The first-order valence-electron chi connectivity index (χ1n) is 3.42. The maximum atomic E-state index is 13.0.